The van der Waals surface area contributed by atoms with Crippen LogP contribution < -0.4 is 5.32 Å². The van der Waals surface area contributed by atoms with Crippen molar-refractivity contribution in [2.24, 2.45) is 0 Å². The predicted octanol–water partition coefficient (Wildman–Crippen LogP) is 3.74. The highest BCUT2D eigenvalue weighted by molar-refractivity contribution is 9.10. The van der Waals surface area contributed by atoms with Gasteiger partial charge < -0.3 is 5.32 Å². The fourth-order valence-electron chi connectivity index (χ4n) is 1.66. The van der Waals surface area contributed by atoms with Gasteiger partial charge in [-0.05, 0) is 42.3 Å². The molecule has 0 aliphatic rings. The Morgan fingerprint density at radius 1 is 1.42 bits per heavy atom. The van der Waals surface area contributed by atoms with Crippen molar-refractivity contribution >= 4 is 33.4 Å². The molecule has 0 atom stereocenters. The summed E-state index contributed by atoms with van der Waals surface area (Å²) in [6, 6.07) is 7.01. The molecule has 0 aliphatic heterocycles. The molecular weight excluding hydrogens is 328 g/mol. The molecule has 1 aromatic carbocycles. The third-order valence-corrected chi connectivity index (χ3v) is 3.38. The fourth-order valence-corrected chi connectivity index (χ4v) is 2.52. The van der Waals surface area contributed by atoms with Gasteiger partial charge in [0.1, 0.15) is 0 Å². The second kappa shape index (κ2) is 6.17. The molecule has 0 spiro atoms. The van der Waals surface area contributed by atoms with Gasteiger partial charge in [0, 0.05) is 34.0 Å². The van der Waals surface area contributed by atoms with E-state index in [2.05, 4.69) is 26.2 Å². The lowest BCUT2D eigenvalue weighted by molar-refractivity contribution is 0.0951. The first kappa shape index (κ1) is 14.0. The second-order valence-corrected chi connectivity index (χ2v) is 5.50. The Morgan fingerprint density at radius 3 is 2.89 bits per heavy atom. The summed E-state index contributed by atoms with van der Waals surface area (Å²) in [6.07, 6.45) is 3.49. The summed E-state index contributed by atoms with van der Waals surface area (Å²) in [5.74, 6) is -0.153. The van der Waals surface area contributed by atoms with Crippen molar-refractivity contribution in [1.82, 2.24) is 10.3 Å². The van der Waals surface area contributed by atoms with E-state index in [0.29, 0.717) is 17.1 Å². The quantitative estimate of drug-likeness (QED) is 0.925. The minimum absolute atomic E-state index is 0.153. The van der Waals surface area contributed by atoms with Crippen molar-refractivity contribution in [3.63, 3.8) is 0 Å². The Balaban J connectivity index is 2.08. The Bertz CT molecular complexity index is 596. The van der Waals surface area contributed by atoms with Gasteiger partial charge >= 0.3 is 0 Å². The summed E-state index contributed by atoms with van der Waals surface area (Å²) in [4.78, 5) is 16.0. The van der Waals surface area contributed by atoms with Gasteiger partial charge in [-0.15, -0.1) is 0 Å². The lowest BCUT2D eigenvalue weighted by atomic mass is 10.1. The molecule has 2 rings (SSSR count). The standard InChI is InChI=1S/C14H12BrClN2O/c1-9-7-17-3-2-10(9)8-18-14(19)11-4-12(15)6-13(16)5-11/h2-7H,8H2,1H3,(H,18,19). The highest BCUT2D eigenvalue weighted by atomic mass is 79.9. The third-order valence-electron chi connectivity index (χ3n) is 2.70. The molecular formula is C14H12BrClN2O. The van der Waals surface area contributed by atoms with Crippen LogP contribution in [0.1, 0.15) is 21.5 Å². The molecule has 1 amide bonds. The molecule has 1 N–H and O–H groups in total. The van der Waals surface area contributed by atoms with Crippen molar-refractivity contribution in [2.75, 3.05) is 0 Å². The first-order chi connectivity index (χ1) is 9.06. The van der Waals surface area contributed by atoms with Crippen molar-refractivity contribution in [1.29, 1.82) is 0 Å². The van der Waals surface area contributed by atoms with Crippen LogP contribution in [0, 0.1) is 6.92 Å². The fraction of sp³-hybridized carbons (Fsp3) is 0.143. The maximum absolute atomic E-state index is 12.0. The first-order valence-electron chi connectivity index (χ1n) is 5.70. The number of halogens is 2. The number of nitrogens with zero attached hydrogens (tertiary/aromatic N) is 1. The molecule has 0 saturated heterocycles. The average molecular weight is 340 g/mol. The molecule has 5 heteroatoms. The highest BCUT2D eigenvalue weighted by Gasteiger charge is 2.08. The third kappa shape index (κ3) is 3.78. The molecule has 0 radical (unpaired) electrons. The lowest BCUT2D eigenvalue weighted by Crippen LogP contribution is -2.23. The van der Waals surface area contributed by atoms with Gasteiger partial charge in [0.25, 0.3) is 5.91 Å². The van der Waals surface area contributed by atoms with E-state index in [9.17, 15) is 4.79 Å². The van der Waals surface area contributed by atoms with E-state index in [4.69, 9.17) is 11.6 Å². The number of amides is 1. The van der Waals surface area contributed by atoms with Gasteiger partial charge in [0.15, 0.2) is 0 Å². The lowest BCUT2D eigenvalue weighted by Gasteiger charge is -2.08. The number of rotatable bonds is 3. The van der Waals surface area contributed by atoms with Crippen LogP contribution in [-0.2, 0) is 6.54 Å². The Morgan fingerprint density at radius 2 is 2.21 bits per heavy atom. The number of aromatic nitrogens is 1. The number of benzene rings is 1. The van der Waals surface area contributed by atoms with Crippen molar-refractivity contribution in [2.45, 2.75) is 13.5 Å². The second-order valence-electron chi connectivity index (χ2n) is 4.14. The van der Waals surface area contributed by atoms with E-state index in [1.807, 2.05) is 13.0 Å². The van der Waals surface area contributed by atoms with Crippen molar-refractivity contribution in [3.8, 4) is 0 Å². The maximum Gasteiger partial charge on any atom is 0.251 e. The minimum Gasteiger partial charge on any atom is -0.348 e. The minimum atomic E-state index is -0.153. The largest absolute Gasteiger partial charge is 0.348 e. The van der Waals surface area contributed by atoms with Crippen molar-refractivity contribution < 1.29 is 4.79 Å². The highest BCUT2D eigenvalue weighted by Crippen LogP contribution is 2.19. The zero-order valence-electron chi connectivity index (χ0n) is 10.3. The molecule has 3 nitrogen and oxygen atoms in total. The summed E-state index contributed by atoms with van der Waals surface area (Å²) in [5, 5.41) is 3.39. The van der Waals surface area contributed by atoms with Gasteiger partial charge in [-0.1, -0.05) is 27.5 Å². The molecule has 0 saturated carbocycles. The summed E-state index contributed by atoms with van der Waals surface area (Å²) in [7, 11) is 0. The molecule has 0 unspecified atom stereocenters. The molecule has 1 heterocycles. The van der Waals surface area contributed by atoms with Crippen LogP contribution >= 0.6 is 27.5 Å². The van der Waals surface area contributed by atoms with Crippen LogP contribution in [0.3, 0.4) is 0 Å². The van der Waals surface area contributed by atoms with Crippen LogP contribution in [0.15, 0.2) is 41.1 Å². The van der Waals surface area contributed by atoms with Gasteiger partial charge in [-0.2, -0.15) is 0 Å². The van der Waals surface area contributed by atoms with Gasteiger partial charge in [-0.3, -0.25) is 9.78 Å². The molecule has 19 heavy (non-hydrogen) atoms. The van der Waals surface area contributed by atoms with Crippen LogP contribution in [-0.4, -0.2) is 10.9 Å². The molecule has 1 aromatic heterocycles. The van der Waals surface area contributed by atoms with Crippen LogP contribution in [0.2, 0.25) is 5.02 Å². The number of aryl methyl sites for hydroxylation is 1. The summed E-state index contributed by atoms with van der Waals surface area (Å²) in [6.45, 7) is 2.43. The van der Waals surface area contributed by atoms with E-state index in [1.165, 1.54) is 0 Å². The van der Waals surface area contributed by atoms with Crippen LogP contribution in [0.4, 0.5) is 0 Å². The number of carbonyl (C=O) groups is 1. The van der Waals surface area contributed by atoms with E-state index in [-0.39, 0.29) is 5.91 Å². The monoisotopic (exact) mass is 338 g/mol. The van der Waals surface area contributed by atoms with Crippen LogP contribution in [0.25, 0.3) is 0 Å². The number of hydrogen-bond donors (Lipinski definition) is 1. The zero-order valence-corrected chi connectivity index (χ0v) is 12.6. The van der Waals surface area contributed by atoms with E-state index in [0.717, 1.165) is 15.6 Å². The molecule has 2 aromatic rings. The summed E-state index contributed by atoms with van der Waals surface area (Å²) < 4.78 is 0.783. The van der Waals surface area contributed by atoms with E-state index in [1.54, 1.807) is 30.6 Å². The van der Waals surface area contributed by atoms with Crippen molar-refractivity contribution in [3.05, 3.63) is 62.8 Å². The average Bonchev–Trinajstić information content (AvgIpc) is 2.36. The summed E-state index contributed by atoms with van der Waals surface area (Å²) in [5.41, 5.74) is 2.63. The SMILES string of the molecule is Cc1cnccc1CNC(=O)c1cc(Cl)cc(Br)c1. The molecule has 0 fully saturated rings. The van der Waals surface area contributed by atoms with Gasteiger partial charge in [0.2, 0.25) is 0 Å². The Kier molecular flexibility index (Phi) is 4.56. The smallest absolute Gasteiger partial charge is 0.251 e. The van der Waals surface area contributed by atoms with E-state index < -0.39 is 0 Å². The molecule has 0 bridgehead atoms. The number of hydrogen-bond acceptors (Lipinski definition) is 2. The van der Waals surface area contributed by atoms with E-state index >= 15 is 0 Å². The normalized spacial score (nSPS) is 10.3. The van der Waals surface area contributed by atoms with Gasteiger partial charge in [-0.25, -0.2) is 0 Å². The zero-order chi connectivity index (χ0) is 13.8. The molecule has 0 aliphatic carbocycles. The van der Waals surface area contributed by atoms with Crippen LogP contribution in [0.5, 0.6) is 0 Å². The maximum atomic E-state index is 12.0. The Labute approximate surface area is 125 Å². The number of nitrogens with one attached hydrogen (secondary N) is 1. The summed E-state index contributed by atoms with van der Waals surface area (Å²) >= 11 is 9.23. The molecule has 98 valence electrons. The number of pyridine rings is 1. The topological polar surface area (TPSA) is 42.0 Å². The first-order valence-corrected chi connectivity index (χ1v) is 6.87. The van der Waals surface area contributed by atoms with Gasteiger partial charge in [0.05, 0.1) is 0 Å². The predicted molar refractivity (Wildman–Crippen MR) is 79.3 cm³/mol. The number of carbonyl (C=O) groups excluding carboxylic acids is 1. The Hall–Kier alpha value is -1.39.